The van der Waals surface area contributed by atoms with E-state index >= 15 is 0 Å². The molecule has 1 amide bonds. The molecule has 0 unspecified atom stereocenters. The van der Waals surface area contributed by atoms with Crippen LogP contribution in [0.4, 0.5) is 4.79 Å². The molecule has 1 N–H and O–H groups in total. The van der Waals surface area contributed by atoms with Crippen molar-refractivity contribution in [2.75, 3.05) is 26.2 Å². The van der Waals surface area contributed by atoms with Crippen molar-refractivity contribution < 1.29 is 19.0 Å². The summed E-state index contributed by atoms with van der Waals surface area (Å²) in [5, 5.41) is 3.39. The van der Waals surface area contributed by atoms with E-state index in [4.69, 9.17) is 14.2 Å². The van der Waals surface area contributed by atoms with E-state index in [9.17, 15) is 4.79 Å². The van der Waals surface area contributed by atoms with Crippen LogP contribution in [0.2, 0.25) is 0 Å². The summed E-state index contributed by atoms with van der Waals surface area (Å²) in [5.41, 5.74) is -0.431. The first-order valence-corrected chi connectivity index (χ1v) is 10.9. The standard InChI is InChI=1S/C21H38N2O4/c1-21(2,3)27-20(24)23-14-10-19(11-15-23)26-17-6-4-16(5-7-17)25-18-8-12-22-13-9-18/h16-19,22H,4-15H2,1-3H3. The molecule has 0 bridgehead atoms. The molecule has 0 radical (unpaired) electrons. The molecule has 1 aliphatic carbocycles. The van der Waals surface area contributed by atoms with E-state index in [2.05, 4.69) is 5.32 Å². The maximum absolute atomic E-state index is 12.2. The van der Waals surface area contributed by atoms with Crippen LogP contribution >= 0.6 is 0 Å². The van der Waals surface area contributed by atoms with Crippen LogP contribution in [0, 0.1) is 0 Å². The monoisotopic (exact) mass is 382 g/mol. The smallest absolute Gasteiger partial charge is 0.410 e. The van der Waals surface area contributed by atoms with Gasteiger partial charge in [-0.25, -0.2) is 4.79 Å². The Kier molecular flexibility index (Phi) is 7.40. The fourth-order valence-corrected chi connectivity index (χ4v) is 4.28. The van der Waals surface area contributed by atoms with Crippen molar-refractivity contribution in [1.82, 2.24) is 10.2 Å². The van der Waals surface area contributed by atoms with Crippen molar-refractivity contribution in [3.05, 3.63) is 0 Å². The number of piperidine rings is 2. The van der Waals surface area contributed by atoms with Gasteiger partial charge < -0.3 is 24.4 Å². The molecule has 3 rings (SSSR count). The van der Waals surface area contributed by atoms with Gasteiger partial charge in [0.1, 0.15) is 5.60 Å². The second kappa shape index (κ2) is 9.57. The molecule has 156 valence electrons. The van der Waals surface area contributed by atoms with E-state index in [-0.39, 0.29) is 12.2 Å². The van der Waals surface area contributed by atoms with E-state index in [1.807, 2.05) is 25.7 Å². The van der Waals surface area contributed by atoms with E-state index in [0.717, 1.165) is 77.5 Å². The lowest BCUT2D eigenvalue weighted by molar-refractivity contribution is -0.0947. The summed E-state index contributed by atoms with van der Waals surface area (Å²) in [6.45, 7) is 9.36. The average Bonchev–Trinajstić information content (AvgIpc) is 2.63. The van der Waals surface area contributed by atoms with Gasteiger partial charge in [0, 0.05) is 13.1 Å². The van der Waals surface area contributed by atoms with Crippen LogP contribution in [0.15, 0.2) is 0 Å². The maximum atomic E-state index is 12.2. The first-order chi connectivity index (χ1) is 12.9. The minimum Gasteiger partial charge on any atom is -0.444 e. The maximum Gasteiger partial charge on any atom is 0.410 e. The molecule has 1 saturated carbocycles. The molecule has 2 heterocycles. The van der Waals surface area contributed by atoms with Crippen LogP contribution in [-0.4, -0.2) is 67.2 Å². The van der Waals surface area contributed by atoms with Crippen LogP contribution in [-0.2, 0) is 14.2 Å². The molecule has 27 heavy (non-hydrogen) atoms. The van der Waals surface area contributed by atoms with Crippen molar-refractivity contribution in [1.29, 1.82) is 0 Å². The van der Waals surface area contributed by atoms with E-state index in [1.54, 1.807) is 0 Å². The molecule has 2 aliphatic heterocycles. The van der Waals surface area contributed by atoms with Crippen LogP contribution in [0.5, 0.6) is 0 Å². The third kappa shape index (κ3) is 6.91. The van der Waals surface area contributed by atoms with Gasteiger partial charge in [0.15, 0.2) is 0 Å². The number of carbonyl (C=O) groups excluding carboxylic acids is 1. The Morgan fingerprint density at radius 2 is 1.22 bits per heavy atom. The van der Waals surface area contributed by atoms with E-state index in [0.29, 0.717) is 18.3 Å². The predicted octanol–water partition coefficient (Wildman–Crippen LogP) is 3.48. The topological polar surface area (TPSA) is 60.0 Å². The Labute approximate surface area is 164 Å². The molecule has 0 aromatic rings. The Morgan fingerprint density at radius 3 is 1.70 bits per heavy atom. The average molecular weight is 383 g/mol. The van der Waals surface area contributed by atoms with Gasteiger partial charge in [-0.3, -0.25) is 0 Å². The predicted molar refractivity (Wildman–Crippen MR) is 105 cm³/mol. The molecule has 3 aliphatic rings. The van der Waals surface area contributed by atoms with Gasteiger partial charge in [0.2, 0.25) is 0 Å². The number of amides is 1. The Hall–Kier alpha value is -0.850. The van der Waals surface area contributed by atoms with Crippen LogP contribution in [0.25, 0.3) is 0 Å². The van der Waals surface area contributed by atoms with Gasteiger partial charge in [-0.1, -0.05) is 0 Å². The Morgan fingerprint density at radius 1 is 0.778 bits per heavy atom. The number of nitrogens with one attached hydrogen (secondary N) is 1. The lowest BCUT2D eigenvalue weighted by Gasteiger charge is -2.37. The summed E-state index contributed by atoms with van der Waals surface area (Å²) in [7, 11) is 0. The van der Waals surface area contributed by atoms with Gasteiger partial charge in [-0.05, 0) is 85.2 Å². The largest absolute Gasteiger partial charge is 0.444 e. The fourth-order valence-electron chi connectivity index (χ4n) is 4.28. The summed E-state index contributed by atoms with van der Waals surface area (Å²) in [5.74, 6) is 0. The minimum atomic E-state index is -0.431. The second-order valence-electron chi connectivity index (χ2n) is 9.29. The first kappa shape index (κ1) is 20.9. The zero-order valence-corrected chi connectivity index (χ0v) is 17.4. The SMILES string of the molecule is CC(C)(C)OC(=O)N1CCC(OC2CCC(OC3CCNCC3)CC2)CC1. The van der Waals surface area contributed by atoms with Crippen LogP contribution in [0.1, 0.15) is 72.1 Å². The zero-order chi connectivity index (χ0) is 19.3. The van der Waals surface area contributed by atoms with Crippen molar-refractivity contribution >= 4 is 6.09 Å². The van der Waals surface area contributed by atoms with Crippen molar-refractivity contribution in [2.24, 2.45) is 0 Å². The van der Waals surface area contributed by atoms with Gasteiger partial charge in [0.25, 0.3) is 0 Å². The molecule has 0 atom stereocenters. The molecular formula is C21H38N2O4. The number of hydrogen-bond donors (Lipinski definition) is 1. The number of nitrogens with zero attached hydrogens (tertiary/aromatic N) is 1. The third-order valence-electron chi connectivity index (χ3n) is 5.77. The molecule has 6 heteroatoms. The number of ether oxygens (including phenoxy) is 3. The van der Waals surface area contributed by atoms with Crippen molar-refractivity contribution in [3.8, 4) is 0 Å². The summed E-state index contributed by atoms with van der Waals surface area (Å²) in [6, 6.07) is 0. The third-order valence-corrected chi connectivity index (χ3v) is 5.77. The van der Waals surface area contributed by atoms with Gasteiger partial charge in [0.05, 0.1) is 24.4 Å². The van der Waals surface area contributed by atoms with Crippen LogP contribution < -0.4 is 5.32 Å². The molecule has 3 fully saturated rings. The van der Waals surface area contributed by atoms with Gasteiger partial charge in [-0.2, -0.15) is 0 Å². The van der Waals surface area contributed by atoms with E-state index < -0.39 is 5.60 Å². The summed E-state index contributed by atoms with van der Waals surface area (Å²) in [4.78, 5) is 14.0. The van der Waals surface area contributed by atoms with Gasteiger partial charge in [-0.15, -0.1) is 0 Å². The molecule has 6 nitrogen and oxygen atoms in total. The van der Waals surface area contributed by atoms with E-state index in [1.165, 1.54) is 0 Å². The summed E-state index contributed by atoms with van der Waals surface area (Å²) >= 11 is 0. The minimum absolute atomic E-state index is 0.198. The van der Waals surface area contributed by atoms with Crippen molar-refractivity contribution in [2.45, 2.75) is 102 Å². The van der Waals surface area contributed by atoms with Crippen molar-refractivity contribution in [3.63, 3.8) is 0 Å². The molecule has 0 aromatic carbocycles. The second-order valence-corrected chi connectivity index (χ2v) is 9.29. The Bertz CT molecular complexity index is 457. The summed E-state index contributed by atoms with van der Waals surface area (Å²) in [6.07, 6.45) is 9.84. The fraction of sp³-hybridized carbons (Fsp3) is 0.952. The highest BCUT2D eigenvalue weighted by Crippen LogP contribution is 2.28. The molecular weight excluding hydrogens is 344 g/mol. The Balaban J connectivity index is 1.31. The van der Waals surface area contributed by atoms with Crippen LogP contribution in [0.3, 0.4) is 0 Å². The van der Waals surface area contributed by atoms with Gasteiger partial charge >= 0.3 is 6.09 Å². The quantitative estimate of drug-likeness (QED) is 0.807. The number of carbonyl (C=O) groups is 1. The summed E-state index contributed by atoms with van der Waals surface area (Å²) < 4.78 is 18.1. The number of rotatable bonds is 4. The highest BCUT2D eigenvalue weighted by molar-refractivity contribution is 5.68. The number of likely N-dealkylation sites (tertiary alicyclic amines) is 1. The molecule has 0 spiro atoms. The first-order valence-electron chi connectivity index (χ1n) is 10.9. The molecule has 2 saturated heterocycles. The number of hydrogen-bond acceptors (Lipinski definition) is 5. The lowest BCUT2D eigenvalue weighted by Crippen LogP contribution is -2.44. The zero-order valence-electron chi connectivity index (χ0n) is 17.4. The normalized spacial score (nSPS) is 28.9. The molecule has 0 aromatic heterocycles. The highest BCUT2D eigenvalue weighted by Gasteiger charge is 2.30. The highest BCUT2D eigenvalue weighted by atomic mass is 16.6. The lowest BCUT2D eigenvalue weighted by atomic mass is 9.94.